The summed E-state index contributed by atoms with van der Waals surface area (Å²) in [6, 6.07) is 7.03. The van der Waals surface area contributed by atoms with Crippen LogP contribution in [0.2, 0.25) is 0 Å². The van der Waals surface area contributed by atoms with Gasteiger partial charge in [0, 0.05) is 5.41 Å². The Morgan fingerprint density at radius 2 is 2.19 bits per heavy atom. The van der Waals surface area contributed by atoms with Crippen molar-refractivity contribution in [3.63, 3.8) is 0 Å². The molecule has 3 nitrogen and oxygen atoms in total. The van der Waals surface area contributed by atoms with E-state index in [2.05, 4.69) is 0 Å². The molecule has 0 aliphatic carbocycles. The molecule has 16 heavy (non-hydrogen) atoms. The molecule has 0 spiro atoms. The lowest BCUT2D eigenvalue weighted by atomic mass is 9.77. The van der Waals surface area contributed by atoms with Gasteiger partial charge in [0.05, 0.1) is 13.5 Å². The lowest BCUT2D eigenvalue weighted by molar-refractivity contribution is -0.142. The molecule has 0 aliphatic heterocycles. The molecule has 0 bridgehead atoms. The quantitative estimate of drug-likeness (QED) is 0.796. The van der Waals surface area contributed by atoms with Crippen molar-refractivity contribution in [1.29, 1.82) is 0 Å². The fraction of sp³-hybridized carbons (Fsp3) is 0.462. The number of carbonyl (C=O) groups is 1. The van der Waals surface area contributed by atoms with Crippen molar-refractivity contribution in [3.8, 4) is 5.75 Å². The van der Waals surface area contributed by atoms with Gasteiger partial charge in [0.2, 0.25) is 0 Å². The topological polar surface area (TPSA) is 46.5 Å². The van der Waals surface area contributed by atoms with Crippen LogP contribution in [0, 0.1) is 0 Å². The van der Waals surface area contributed by atoms with E-state index in [1.807, 2.05) is 19.9 Å². The van der Waals surface area contributed by atoms with Gasteiger partial charge >= 0.3 is 5.97 Å². The zero-order valence-corrected chi connectivity index (χ0v) is 9.99. The van der Waals surface area contributed by atoms with E-state index in [0.717, 1.165) is 12.0 Å². The van der Waals surface area contributed by atoms with Crippen molar-refractivity contribution in [2.24, 2.45) is 0 Å². The molecule has 1 N–H and O–H groups in total. The molecule has 0 heterocycles. The Balaban J connectivity index is 2.99. The maximum absolute atomic E-state index is 11.4. The summed E-state index contributed by atoms with van der Waals surface area (Å²) in [6.45, 7) is 4.02. The molecule has 0 saturated carbocycles. The summed E-state index contributed by atoms with van der Waals surface area (Å²) in [6.07, 6.45) is 1.13. The monoisotopic (exact) mass is 222 g/mol. The summed E-state index contributed by atoms with van der Waals surface area (Å²) < 4.78 is 4.70. The first-order valence-corrected chi connectivity index (χ1v) is 5.38. The Hall–Kier alpha value is -1.51. The van der Waals surface area contributed by atoms with Gasteiger partial charge in [-0.05, 0) is 24.1 Å². The van der Waals surface area contributed by atoms with Crippen LogP contribution in [0.15, 0.2) is 24.3 Å². The lowest BCUT2D eigenvalue weighted by Crippen LogP contribution is -2.25. The smallest absolute Gasteiger partial charge is 0.306 e. The minimum absolute atomic E-state index is 0.224. The van der Waals surface area contributed by atoms with E-state index >= 15 is 0 Å². The fourth-order valence-corrected chi connectivity index (χ4v) is 1.70. The van der Waals surface area contributed by atoms with Gasteiger partial charge < -0.3 is 9.84 Å². The van der Waals surface area contributed by atoms with Crippen molar-refractivity contribution in [3.05, 3.63) is 29.8 Å². The Morgan fingerprint density at radius 3 is 2.69 bits per heavy atom. The minimum atomic E-state index is -0.286. The number of phenolic OH excluding ortho intramolecular Hbond substituents is 1. The van der Waals surface area contributed by atoms with E-state index < -0.39 is 0 Å². The van der Waals surface area contributed by atoms with Gasteiger partial charge in [0.1, 0.15) is 5.75 Å². The molecular formula is C13H18O3. The summed E-state index contributed by atoms with van der Waals surface area (Å²) in [5, 5.41) is 9.45. The van der Waals surface area contributed by atoms with E-state index in [1.54, 1.807) is 18.2 Å². The van der Waals surface area contributed by atoms with Crippen LogP contribution in [0.3, 0.4) is 0 Å². The Kier molecular flexibility index (Phi) is 3.93. The molecule has 0 fully saturated rings. The van der Waals surface area contributed by atoms with Crippen molar-refractivity contribution < 1.29 is 14.6 Å². The molecule has 88 valence electrons. The van der Waals surface area contributed by atoms with Crippen LogP contribution in [0.25, 0.3) is 0 Å². The lowest BCUT2D eigenvalue weighted by Gasteiger charge is -2.27. The number of ether oxygens (including phenoxy) is 1. The zero-order chi connectivity index (χ0) is 12.2. The van der Waals surface area contributed by atoms with E-state index in [1.165, 1.54) is 7.11 Å². The molecule has 0 saturated heterocycles. The van der Waals surface area contributed by atoms with Gasteiger partial charge in [-0.15, -0.1) is 0 Å². The summed E-state index contributed by atoms with van der Waals surface area (Å²) >= 11 is 0. The highest BCUT2D eigenvalue weighted by molar-refractivity contribution is 5.71. The normalized spacial score (nSPS) is 14.2. The number of carbonyl (C=O) groups excluding carboxylic acids is 1. The predicted octanol–water partition coefficient (Wildman–Crippen LogP) is 2.62. The van der Waals surface area contributed by atoms with Crippen LogP contribution in [0.5, 0.6) is 5.75 Å². The van der Waals surface area contributed by atoms with Gasteiger partial charge in [0.25, 0.3) is 0 Å². The predicted molar refractivity (Wildman–Crippen MR) is 62.4 cm³/mol. The molecule has 0 radical (unpaired) electrons. The second-order valence-electron chi connectivity index (χ2n) is 4.22. The molecule has 0 aliphatic rings. The third-order valence-electron chi connectivity index (χ3n) is 3.09. The number of benzene rings is 1. The second-order valence-corrected chi connectivity index (χ2v) is 4.22. The maximum atomic E-state index is 11.4. The molecule has 1 aromatic carbocycles. The molecule has 0 aromatic heterocycles. The van der Waals surface area contributed by atoms with Crippen LogP contribution < -0.4 is 0 Å². The average Bonchev–Trinajstić information content (AvgIpc) is 2.28. The first-order chi connectivity index (χ1) is 7.51. The van der Waals surface area contributed by atoms with E-state index in [-0.39, 0.29) is 17.1 Å². The zero-order valence-electron chi connectivity index (χ0n) is 9.99. The SMILES string of the molecule is CCC(C)(CC(=O)OC)c1cccc(O)c1. The van der Waals surface area contributed by atoms with Gasteiger partial charge in [-0.25, -0.2) is 0 Å². The molecule has 1 rings (SSSR count). The molecule has 1 aromatic rings. The van der Waals surface area contributed by atoms with E-state index in [0.29, 0.717) is 6.42 Å². The number of methoxy groups -OCH3 is 1. The Bertz CT molecular complexity index is 373. The Morgan fingerprint density at radius 1 is 1.50 bits per heavy atom. The van der Waals surface area contributed by atoms with Crippen molar-refractivity contribution in [2.75, 3.05) is 7.11 Å². The van der Waals surface area contributed by atoms with Gasteiger partial charge in [-0.2, -0.15) is 0 Å². The van der Waals surface area contributed by atoms with Crippen molar-refractivity contribution in [1.82, 2.24) is 0 Å². The van der Waals surface area contributed by atoms with Crippen molar-refractivity contribution >= 4 is 5.97 Å². The molecule has 1 unspecified atom stereocenters. The highest BCUT2D eigenvalue weighted by Crippen LogP contribution is 2.33. The molecular weight excluding hydrogens is 204 g/mol. The number of hydrogen-bond acceptors (Lipinski definition) is 3. The number of hydrogen-bond donors (Lipinski definition) is 1. The van der Waals surface area contributed by atoms with Crippen LogP contribution in [-0.2, 0) is 14.9 Å². The maximum Gasteiger partial charge on any atom is 0.306 e. The van der Waals surface area contributed by atoms with Crippen LogP contribution in [0.1, 0.15) is 32.3 Å². The molecule has 1 atom stereocenters. The summed E-state index contributed by atoms with van der Waals surface area (Å²) in [4.78, 5) is 11.4. The van der Waals surface area contributed by atoms with Gasteiger partial charge in [-0.3, -0.25) is 4.79 Å². The molecule has 3 heteroatoms. The highest BCUT2D eigenvalue weighted by atomic mass is 16.5. The first-order valence-electron chi connectivity index (χ1n) is 5.38. The first kappa shape index (κ1) is 12.6. The number of aromatic hydroxyl groups is 1. The standard InChI is InChI=1S/C13H18O3/c1-4-13(2,9-12(15)16-3)10-6-5-7-11(14)8-10/h5-8,14H,4,9H2,1-3H3. The minimum Gasteiger partial charge on any atom is -0.508 e. The third kappa shape index (κ3) is 2.75. The Labute approximate surface area is 96.1 Å². The van der Waals surface area contributed by atoms with Crippen LogP contribution in [0.4, 0.5) is 0 Å². The number of rotatable bonds is 4. The highest BCUT2D eigenvalue weighted by Gasteiger charge is 2.28. The fourth-order valence-electron chi connectivity index (χ4n) is 1.70. The summed E-state index contributed by atoms with van der Waals surface area (Å²) in [5.41, 5.74) is 0.673. The molecule has 0 amide bonds. The van der Waals surface area contributed by atoms with Gasteiger partial charge in [-0.1, -0.05) is 26.0 Å². The summed E-state index contributed by atoms with van der Waals surface area (Å²) in [5.74, 6) is -0.00488. The number of esters is 1. The van der Waals surface area contributed by atoms with Crippen molar-refractivity contribution in [2.45, 2.75) is 32.1 Å². The van der Waals surface area contributed by atoms with E-state index in [9.17, 15) is 9.90 Å². The van der Waals surface area contributed by atoms with Crippen LogP contribution >= 0.6 is 0 Å². The van der Waals surface area contributed by atoms with Gasteiger partial charge in [0.15, 0.2) is 0 Å². The summed E-state index contributed by atoms with van der Waals surface area (Å²) in [7, 11) is 1.39. The third-order valence-corrected chi connectivity index (χ3v) is 3.09. The number of phenols is 1. The average molecular weight is 222 g/mol. The largest absolute Gasteiger partial charge is 0.508 e. The van der Waals surface area contributed by atoms with E-state index in [4.69, 9.17) is 4.74 Å². The van der Waals surface area contributed by atoms with Crippen LogP contribution in [-0.4, -0.2) is 18.2 Å². The second kappa shape index (κ2) is 5.01.